The summed E-state index contributed by atoms with van der Waals surface area (Å²) in [5.41, 5.74) is 2.05. The van der Waals surface area contributed by atoms with Crippen molar-refractivity contribution in [2.24, 2.45) is 0 Å². The van der Waals surface area contributed by atoms with Gasteiger partial charge >= 0.3 is 5.97 Å². The number of rotatable bonds is 9. The number of hydrogen-bond donors (Lipinski definition) is 1. The van der Waals surface area contributed by atoms with E-state index in [0.29, 0.717) is 11.3 Å². The number of carbonyl (C=O) groups excluding carboxylic acids is 2. The van der Waals surface area contributed by atoms with Crippen LogP contribution in [-0.2, 0) is 22.4 Å². The minimum atomic E-state index is -0.450. The average molecular weight is 458 g/mol. The van der Waals surface area contributed by atoms with E-state index in [-0.39, 0.29) is 18.3 Å². The molecule has 0 saturated carbocycles. The molecule has 0 saturated heterocycles. The molecule has 0 radical (unpaired) electrons. The van der Waals surface area contributed by atoms with Gasteiger partial charge in [0.25, 0.3) is 0 Å². The van der Waals surface area contributed by atoms with Gasteiger partial charge in [0.15, 0.2) is 0 Å². The van der Waals surface area contributed by atoms with E-state index in [1.165, 1.54) is 22.2 Å². The third kappa shape index (κ3) is 5.43. The van der Waals surface area contributed by atoms with E-state index in [1.54, 1.807) is 42.5 Å². The molecule has 3 rings (SSSR count). The lowest BCUT2D eigenvalue weighted by molar-refractivity contribution is -0.113. The van der Waals surface area contributed by atoms with Gasteiger partial charge in [-0.2, -0.15) is 0 Å². The number of aryl methyl sites for hydroxylation is 3. The predicted molar refractivity (Wildman–Crippen MR) is 127 cm³/mol. The lowest BCUT2D eigenvalue weighted by atomic mass is 10.1. The van der Waals surface area contributed by atoms with Crippen molar-refractivity contribution in [2.75, 3.05) is 17.7 Å². The van der Waals surface area contributed by atoms with Crippen molar-refractivity contribution in [1.29, 1.82) is 0 Å². The second kappa shape index (κ2) is 10.7. The van der Waals surface area contributed by atoms with Crippen molar-refractivity contribution in [3.05, 3.63) is 46.1 Å². The van der Waals surface area contributed by atoms with Gasteiger partial charge in [-0.3, -0.25) is 4.79 Å². The number of thiophene rings is 1. The van der Waals surface area contributed by atoms with Gasteiger partial charge in [-0.1, -0.05) is 37.7 Å². The van der Waals surface area contributed by atoms with Crippen LogP contribution >= 0.6 is 23.1 Å². The smallest absolute Gasteiger partial charge is 0.340 e. The predicted octanol–water partition coefficient (Wildman–Crippen LogP) is 5.42. The summed E-state index contributed by atoms with van der Waals surface area (Å²) in [6, 6.07) is 6.87. The van der Waals surface area contributed by atoms with E-state index < -0.39 is 5.97 Å². The molecule has 0 aliphatic rings. The number of fused-ring (bicyclic) bond motifs is 1. The molecule has 6 nitrogen and oxygen atoms in total. The summed E-state index contributed by atoms with van der Waals surface area (Å²) < 4.78 is 5.08. The van der Waals surface area contributed by atoms with Crippen LogP contribution in [0, 0.1) is 6.92 Å². The highest BCUT2D eigenvalue weighted by Gasteiger charge is 2.18. The first-order chi connectivity index (χ1) is 15.0. The molecule has 0 aliphatic heterocycles. The fraction of sp³-hybridized carbons (Fsp3) is 0.391. The molecule has 0 unspecified atom stereocenters. The van der Waals surface area contributed by atoms with E-state index in [1.807, 2.05) is 0 Å². The number of anilines is 1. The molecule has 0 atom stereocenters. The number of carbonyl (C=O) groups is 2. The van der Waals surface area contributed by atoms with E-state index in [4.69, 9.17) is 14.7 Å². The Morgan fingerprint density at radius 2 is 1.94 bits per heavy atom. The molecule has 1 aromatic carbocycles. The van der Waals surface area contributed by atoms with E-state index >= 15 is 0 Å². The molecule has 2 aromatic heterocycles. The average Bonchev–Trinajstić information content (AvgIpc) is 3.07. The van der Waals surface area contributed by atoms with Crippen LogP contribution in [0.2, 0.25) is 0 Å². The van der Waals surface area contributed by atoms with Gasteiger partial charge in [0.1, 0.15) is 15.7 Å². The number of thioether (sulfide) groups is 1. The molecule has 0 fully saturated rings. The number of benzene rings is 1. The standard InChI is InChI=1S/C23H27N3O3S2/c1-5-10-18-25-21(20-15(6-2)14(4)31-22(20)26-18)30-13-19(27)24-17-12-9-8-11-16(17)23(28)29-7-3/h8-9,11-12H,5-7,10,13H2,1-4H3,(H,24,27). The van der Waals surface area contributed by atoms with Crippen LogP contribution in [0.1, 0.15) is 53.8 Å². The summed E-state index contributed by atoms with van der Waals surface area (Å²) in [7, 11) is 0. The van der Waals surface area contributed by atoms with Gasteiger partial charge in [-0.15, -0.1) is 11.3 Å². The normalized spacial score (nSPS) is 11.0. The van der Waals surface area contributed by atoms with Gasteiger partial charge in [0.2, 0.25) is 5.91 Å². The first kappa shape index (κ1) is 23.2. The van der Waals surface area contributed by atoms with Crippen LogP contribution in [0.15, 0.2) is 29.3 Å². The molecule has 0 spiro atoms. The summed E-state index contributed by atoms with van der Waals surface area (Å²) in [5.74, 6) is 0.353. The number of amides is 1. The second-order valence-corrected chi connectivity index (χ2v) is 9.14. The number of esters is 1. The van der Waals surface area contributed by atoms with Gasteiger partial charge in [0.05, 0.1) is 23.6 Å². The number of para-hydroxylation sites is 1. The minimum absolute atomic E-state index is 0.187. The van der Waals surface area contributed by atoms with Crippen molar-refractivity contribution in [3.63, 3.8) is 0 Å². The molecule has 31 heavy (non-hydrogen) atoms. The highest BCUT2D eigenvalue weighted by atomic mass is 32.2. The van der Waals surface area contributed by atoms with E-state index in [0.717, 1.165) is 40.3 Å². The first-order valence-electron chi connectivity index (χ1n) is 10.5. The van der Waals surface area contributed by atoms with Crippen molar-refractivity contribution in [2.45, 2.75) is 52.0 Å². The monoisotopic (exact) mass is 457 g/mol. The second-order valence-electron chi connectivity index (χ2n) is 6.97. The van der Waals surface area contributed by atoms with Gasteiger partial charge in [-0.25, -0.2) is 14.8 Å². The number of hydrogen-bond acceptors (Lipinski definition) is 7. The summed E-state index contributed by atoms with van der Waals surface area (Å²) in [5, 5.41) is 4.76. The topological polar surface area (TPSA) is 81.2 Å². The zero-order chi connectivity index (χ0) is 22.4. The minimum Gasteiger partial charge on any atom is -0.462 e. The van der Waals surface area contributed by atoms with Gasteiger partial charge < -0.3 is 10.1 Å². The van der Waals surface area contributed by atoms with Gasteiger partial charge in [0, 0.05) is 16.7 Å². The van der Waals surface area contributed by atoms with Gasteiger partial charge in [-0.05, 0) is 44.4 Å². The quantitative estimate of drug-likeness (QED) is 0.262. The Balaban J connectivity index is 1.81. The number of nitrogens with zero attached hydrogens (tertiary/aromatic N) is 2. The Bertz CT molecular complexity index is 1100. The molecule has 1 amide bonds. The number of nitrogens with one attached hydrogen (secondary N) is 1. The molecule has 3 aromatic rings. The lowest BCUT2D eigenvalue weighted by Gasteiger charge is -2.11. The number of aromatic nitrogens is 2. The summed E-state index contributed by atoms with van der Waals surface area (Å²) >= 11 is 3.10. The third-order valence-corrected chi connectivity index (χ3v) is 6.75. The van der Waals surface area contributed by atoms with Crippen LogP contribution in [0.5, 0.6) is 0 Å². The summed E-state index contributed by atoms with van der Waals surface area (Å²) in [4.78, 5) is 36.6. The molecular weight excluding hydrogens is 430 g/mol. The fourth-order valence-corrected chi connectivity index (χ4v) is 5.41. The SMILES string of the molecule is CCCc1nc(SCC(=O)Nc2ccccc2C(=O)OCC)c2c(CC)c(C)sc2n1. The highest BCUT2D eigenvalue weighted by Crippen LogP contribution is 2.36. The lowest BCUT2D eigenvalue weighted by Crippen LogP contribution is -2.17. The number of ether oxygens (including phenoxy) is 1. The van der Waals surface area contributed by atoms with Crippen LogP contribution < -0.4 is 5.32 Å². The largest absolute Gasteiger partial charge is 0.462 e. The van der Waals surface area contributed by atoms with E-state index in [9.17, 15) is 9.59 Å². The fourth-order valence-electron chi connectivity index (χ4n) is 3.34. The maximum Gasteiger partial charge on any atom is 0.340 e. The van der Waals surface area contributed by atoms with Crippen LogP contribution in [0.25, 0.3) is 10.2 Å². The Labute approximate surface area is 190 Å². The summed E-state index contributed by atoms with van der Waals surface area (Å²) in [6.07, 6.45) is 2.67. The zero-order valence-corrected chi connectivity index (χ0v) is 19.9. The van der Waals surface area contributed by atoms with E-state index in [2.05, 4.69) is 26.1 Å². The molecule has 0 aliphatic carbocycles. The Morgan fingerprint density at radius 3 is 2.65 bits per heavy atom. The Hall–Kier alpha value is -2.45. The maximum absolute atomic E-state index is 12.7. The molecular formula is C23H27N3O3S2. The van der Waals surface area contributed by atoms with Crippen LogP contribution in [0.4, 0.5) is 5.69 Å². The molecule has 1 N–H and O–H groups in total. The third-order valence-electron chi connectivity index (χ3n) is 4.73. The highest BCUT2D eigenvalue weighted by molar-refractivity contribution is 8.00. The first-order valence-corrected chi connectivity index (χ1v) is 12.3. The van der Waals surface area contributed by atoms with Crippen LogP contribution in [-0.4, -0.2) is 34.2 Å². The molecule has 164 valence electrons. The molecule has 2 heterocycles. The van der Waals surface area contributed by atoms with Crippen LogP contribution in [0.3, 0.4) is 0 Å². The van der Waals surface area contributed by atoms with Crippen molar-refractivity contribution in [1.82, 2.24) is 9.97 Å². The van der Waals surface area contributed by atoms with Crippen molar-refractivity contribution < 1.29 is 14.3 Å². The zero-order valence-electron chi connectivity index (χ0n) is 18.3. The Morgan fingerprint density at radius 1 is 1.16 bits per heavy atom. The maximum atomic E-state index is 12.7. The van der Waals surface area contributed by atoms with Crippen molar-refractivity contribution in [3.8, 4) is 0 Å². The van der Waals surface area contributed by atoms with Crippen molar-refractivity contribution >= 4 is 50.9 Å². The molecule has 8 heteroatoms. The summed E-state index contributed by atoms with van der Waals surface area (Å²) in [6.45, 7) is 8.37. The Kier molecular flexibility index (Phi) is 8.03. The molecule has 0 bridgehead atoms.